The van der Waals surface area contributed by atoms with Gasteiger partial charge in [-0.05, 0) is 24.5 Å². The van der Waals surface area contributed by atoms with Gasteiger partial charge in [-0.15, -0.1) is 0 Å². The summed E-state index contributed by atoms with van der Waals surface area (Å²) in [6.45, 7) is 0. The summed E-state index contributed by atoms with van der Waals surface area (Å²) in [6, 6.07) is 17.3. The van der Waals surface area contributed by atoms with Gasteiger partial charge >= 0.3 is 0 Å². The molecule has 0 radical (unpaired) electrons. The van der Waals surface area contributed by atoms with Crippen LogP contribution in [0.3, 0.4) is 0 Å². The van der Waals surface area contributed by atoms with Gasteiger partial charge in [0, 0.05) is 5.56 Å². The molecule has 1 aliphatic rings. The van der Waals surface area contributed by atoms with E-state index in [1.54, 1.807) is 0 Å². The normalized spacial score (nSPS) is 17.7. The number of benzene rings is 2. The van der Waals surface area contributed by atoms with E-state index >= 15 is 0 Å². The van der Waals surface area contributed by atoms with Gasteiger partial charge in [-0.25, -0.2) is 0 Å². The van der Waals surface area contributed by atoms with E-state index in [2.05, 4.69) is 6.07 Å². The van der Waals surface area contributed by atoms with Gasteiger partial charge < -0.3 is 4.74 Å². The summed E-state index contributed by atoms with van der Waals surface area (Å²) in [6.07, 6.45) is 1.31. The Bertz CT molecular complexity index is 560. The van der Waals surface area contributed by atoms with Crippen LogP contribution in [0.15, 0.2) is 54.6 Å². The Balaban J connectivity index is 1.82. The molecular formula is C16H14O2. The van der Waals surface area contributed by atoms with Crippen LogP contribution in [0.1, 0.15) is 22.3 Å². The van der Waals surface area contributed by atoms with Crippen molar-refractivity contribution in [2.24, 2.45) is 0 Å². The Kier molecular flexibility index (Phi) is 2.85. The van der Waals surface area contributed by atoms with Gasteiger partial charge in [0.2, 0.25) is 5.78 Å². The lowest BCUT2D eigenvalue weighted by Crippen LogP contribution is -2.31. The molecule has 0 aliphatic carbocycles. The molecule has 0 N–H and O–H groups in total. The zero-order valence-corrected chi connectivity index (χ0v) is 10.0. The van der Waals surface area contributed by atoms with Crippen LogP contribution in [0.4, 0.5) is 0 Å². The number of rotatable bonds is 2. The van der Waals surface area contributed by atoms with Crippen molar-refractivity contribution in [2.45, 2.75) is 18.9 Å². The molecule has 18 heavy (non-hydrogen) atoms. The highest BCUT2D eigenvalue weighted by Gasteiger charge is 2.26. The maximum Gasteiger partial charge on any atom is 0.203 e. The first kappa shape index (κ1) is 11.0. The molecule has 2 heteroatoms. The van der Waals surface area contributed by atoms with Gasteiger partial charge in [0.05, 0.1) is 0 Å². The Morgan fingerprint density at radius 1 is 1.00 bits per heavy atom. The number of ketones is 1. The first-order valence-electron chi connectivity index (χ1n) is 6.18. The molecular weight excluding hydrogens is 224 g/mol. The highest BCUT2D eigenvalue weighted by Crippen LogP contribution is 2.28. The molecule has 0 fully saturated rings. The third-order valence-corrected chi connectivity index (χ3v) is 3.27. The minimum absolute atomic E-state index is 0.0742. The molecule has 1 atom stereocenters. The molecule has 1 unspecified atom stereocenters. The fraction of sp³-hybridized carbons (Fsp3) is 0.188. The maximum atomic E-state index is 12.3. The number of para-hydroxylation sites is 1. The summed E-state index contributed by atoms with van der Waals surface area (Å²) in [5.74, 6) is 0.920. The number of hydrogen-bond donors (Lipinski definition) is 0. The van der Waals surface area contributed by atoms with E-state index in [0.717, 1.165) is 24.2 Å². The van der Waals surface area contributed by atoms with E-state index < -0.39 is 0 Å². The Morgan fingerprint density at radius 2 is 1.72 bits per heavy atom. The molecule has 0 saturated heterocycles. The summed E-state index contributed by atoms with van der Waals surface area (Å²) in [7, 11) is 0. The monoisotopic (exact) mass is 238 g/mol. The van der Waals surface area contributed by atoms with E-state index in [1.165, 1.54) is 5.56 Å². The van der Waals surface area contributed by atoms with Crippen molar-refractivity contribution in [3.63, 3.8) is 0 Å². The number of aryl methyl sites for hydroxylation is 1. The van der Waals surface area contributed by atoms with Gasteiger partial charge in [-0.2, -0.15) is 0 Å². The lowest BCUT2D eigenvalue weighted by molar-refractivity contribution is 0.0756. The molecule has 0 bridgehead atoms. The van der Waals surface area contributed by atoms with Gasteiger partial charge in [-0.1, -0.05) is 48.5 Å². The van der Waals surface area contributed by atoms with Crippen LogP contribution in [0.2, 0.25) is 0 Å². The zero-order chi connectivity index (χ0) is 12.4. The van der Waals surface area contributed by atoms with Crippen LogP contribution < -0.4 is 4.74 Å². The van der Waals surface area contributed by atoms with Gasteiger partial charge in [0.15, 0.2) is 6.10 Å². The second-order valence-corrected chi connectivity index (χ2v) is 4.48. The van der Waals surface area contributed by atoms with Crippen LogP contribution in [-0.2, 0) is 6.42 Å². The van der Waals surface area contributed by atoms with Crippen LogP contribution in [0.25, 0.3) is 0 Å². The predicted octanol–water partition coefficient (Wildman–Crippen LogP) is 3.26. The standard InChI is InChI=1S/C16H14O2/c17-16(13-7-2-1-3-8-13)15-11-10-12-6-4-5-9-14(12)18-15/h1-9,15H,10-11H2. The molecule has 1 heterocycles. The SMILES string of the molecule is O=C(c1ccccc1)C1CCc2ccccc2O1. The summed E-state index contributed by atoms with van der Waals surface area (Å²) >= 11 is 0. The van der Waals surface area contributed by atoms with Crippen LogP contribution in [0, 0.1) is 0 Å². The fourth-order valence-corrected chi connectivity index (χ4v) is 2.30. The topological polar surface area (TPSA) is 26.3 Å². The molecule has 2 nitrogen and oxygen atoms in total. The fourth-order valence-electron chi connectivity index (χ4n) is 2.30. The van der Waals surface area contributed by atoms with Gasteiger partial charge in [-0.3, -0.25) is 4.79 Å². The Hall–Kier alpha value is -2.09. The minimum Gasteiger partial charge on any atom is -0.482 e. The predicted molar refractivity (Wildman–Crippen MR) is 70.0 cm³/mol. The molecule has 2 aromatic rings. The molecule has 90 valence electrons. The Labute approximate surface area is 106 Å². The highest BCUT2D eigenvalue weighted by molar-refractivity contribution is 5.99. The highest BCUT2D eigenvalue weighted by atomic mass is 16.5. The zero-order valence-electron chi connectivity index (χ0n) is 10.0. The summed E-state index contributed by atoms with van der Waals surface area (Å²) in [5, 5.41) is 0. The number of carbonyl (C=O) groups excluding carboxylic acids is 1. The Morgan fingerprint density at radius 3 is 2.56 bits per heavy atom. The van der Waals surface area contributed by atoms with Crippen molar-refractivity contribution in [2.75, 3.05) is 0 Å². The molecule has 0 amide bonds. The smallest absolute Gasteiger partial charge is 0.203 e. The first-order valence-corrected chi connectivity index (χ1v) is 6.18. The van der Waals surface area contributed by atoms with E-state index in [-0.39, 0.29) is 11.9 Å². The van der Waals surface area contributed by atoms with Crippen LogP contribution >= 0.6 is 0 Å². The number of carbonyl (C=O) groups is 1. The largest absolute Gasteiger partial charge is 0.482 e. The third-order valence-electron chi connectivity index (χ3n) is 3.27. The van der Waals surface area contributed by atoms with E-state index in [9.17, 15) is 4.79 Å². The summed E-state index contributed by atoms with van der Waals surface area (Å²) < 4.78 is 5.80. The molecule has 0 saturated carbocycles. The molecule has 0 aromatic heterocycles. The molecule has 0 spiro atoms. The van der Waals surface area contributed by atoms with Gasteiger partial charge in [0.1, 0.15) is 5.75 Å². The maximum absolute atomic E-state index is 12.3. The van der Waals surface area contributed by atoms with Gasteiger partial charge in [0.25, 0.3) is 0 Å². The van der Waals surface area contributed by atoms with Crippen molar-refractivity contribution in [3.05, 3.63) is 65.7 Å². The third kappa shape index (κ3) is 2.02. The summed E-state index contributed by atoms with van der Waals surface area (Å²) in [5.41, 5.74) is 1.91. The minimum atomic E-state index is -0.345. The van der Waals surface area contributed by atoms with Crippen molar-refractivity contribution >= 4 is 5.78 Å². The van der Waals surface area contributed by atoms with E-state index in [1.807, 2.05) is 48.5 Å². The lowest BCUT2D eigenvalue weighted by Gasteiger charge is -2.25. The van der Waals surface area contributed by atoms with Crippen LogP contribution in [0.5, 0.6) is 5.75 Å². The molecule has 1 aliphatic heterocycles. The molecule has 3 rings (SSSR count). The number of hydrogen-bond acceptors (Lipinski definition) is 2. The first-order chi connectivity index (χ1) is 8.84. The molecule has 2 aromatic carbocycles. The van der Waals surface area contributed by atoms with Crippen molar-refractivity contribution in [1.29, 1.82) is 0 Å². The average Bonchev–Trinajstić information content (AvgIpc) is 2.47. The summed E-state index contributed by atoms with van der Waals surface area (Å²) in [4.78, 5) is 12.3. The number of fused-ring (bicyclic) bond motifs is 1. The van der Waals surface area contributed by atoms with Crippen LogP contribution in [-0.4, -0.2) is 11.9 Å². The quantitative estimate of drug-likeness (QED) is 0.751. The lowest BCUT2D eigenvalue weighted by atomic mass is 9.97. The average molecular weight is 238 g/mol. The number of Topliss-reactive ketones (excluding diaryl/α,β-unsaturated/α-hetero) is 1. The number of ether oxygens (including phenoxy) is 1. The second kappa shape index (κ2) is 4.65. The van der Waals surface area contributed by atoms with Crippen molar-refractivity contribution in [1.82, 2.24) is 0 Å². The van der Waals surface area contributed by atoms with E-state index in [4.69, 9.17) is 4.74 Å². The van der Waals surface area contributed by atoms with E-state index in [0.29, 0.717) is 0 Å². The van der Waals surface area contributed by atoms with Crippen molar-refractivity contribution < 1.29 is 9.53 Å². The van der Waals surface area contributed by atoms with Crippen molar-refractivity contribution in [3.8, 4) is 5.75 Å². The second-order valence-electron chi connectivity index (χ2n) is 4.48.